The summed E-state index contributed by atoms with van der Waals surface area (Å²) in [4.78, 5) is 6.71. The Balaban J connectivity index is 1.84. The molecule has 1 aliphatic rings. The zero-order chi connectivity index (χ0) is 15.9. The van der Waals surface area contributed by atoms with Gasteiger partial charge in [0.25, 0.3) is 0 Å². The number of guanidine groups is 1. The molecule has 0 spiro atoms. The Morgan fingerprint density at radius 2 is 2.36 bits per heavy atom. The van der Waals surface area contributed by atoms with Crippen molar-refractivity contribution >= 4 is 5.96 Å². The summed E-state index contributed by atoms with van der Waals surface area (Å²) in [5, 5.41) is 12.2. The molecular formula is C16H25FN4O. The van der Waals surface area contributed by atoms with Crippen LogP contribution in [0.2, 0.25) is 0 Å². The number of aliphatic hydroxyl groups is 1. The number of nitrogens with one attached hydrogen (secondary N) is 1. The number of likely N-dealkylation sites (N-methyl/N-ethyl adjacent to an activating group) is 1. The molecule has 1 fully saturated rings. The summed E-state index contributed by atoms with van der Waals surface area (Å²) in [6, 6.07) is 5.13. The van der Waals surface area contributed by atoms with Crippen LogP contribution in [-0.4, -0.2) is 41.6 Å². The van der Waals surface area contributed by atoms with Gasteiger partial charge in [-0.05, 0) is 43.6 Å². The maximum Gasteiger partial charge on any atom is 0.188 e. The number of benzene rings is 1. The molecule has 1 unspecified atom stereocenters. The SMILES string of the molecule is CCN1CCCC1CNC(N)=NCc1ccc(F)c(CO)c1. The Morgan fingerprint density at radius 1 is 1.55 bits per heavy atom. The van der Waals surface area contributed by atoms with Crippen LogP contribution in [0, 0.1) is 5.82 Å². The van der Waals surface area contributed by atoms with Crippen molar-refractivity contribution in [2.24, 2.45) is 10.7 Å². The zero-order valence-electron chi connectivity index (χ0n) is 13.1. The van der Waals surface area contributed by atoms with Gasteiger partial charge in [-0.1, -0.05) is 13.0 Å². The molecule has 0 radical (unpaired) electrons. The number of halogens is 1. The number of hydrogen-bond acceptors (Lipinski definition) is 3. The first-order chi connectivity index (χ1) is 10.6. The standard InChI is InChI=1S/C16H25FN4O/c1-2-21-7-3-4-14(21)10-20-16(18)19-9-12-5-6-15(17)13(8-12)11-22/h5-6,8,14,22H,2-4,7,9-11H2,1H3,(H3,18,19,20). The summed E-state index contributed by atoms with van der Waals surface area (Å²) in [7, 11) is 0. The Morgan fingerprint density at radius 3 is 3.09 bits per heavy atom. The second-order valence-corrected chi connectivity index (χ2v) is 5.59. The minimum absolute atomic E-state index is 0.281. The van der Waals surface area contributed by atoms with E-state index >= 15 is 0 Å². The first-order valence-corrected chi connectivity index (χ1v) is 7.80. The topological polar surface area (TPSA) is 73.9 Å². The molecule has 0 bridgehead atoms. The van der Waals surface area contributed by atoms with Crippen LogP contribution in [-0.2, 0) is 13.2 Å². The van der Waals surface area contributed by atoms with E-state index in [1.54, 1.807) is 12.1 Å². The normalized spacial score (nSPS) is 19.6. The maximum absolute atomic E-state index is 13.3. The molecule has 1 saturated heterocycles. The summed E-state index contributed by atoms with van der Waals surface area (Å²) in [5.41, 5.74) is 6.99. The van der Waals surface area contributed by atoms with Crippen LogP contribution < -0.4 is 11.1 Å². The van der Waals surface area contributed by atoms with Gasteiger partial charge in [-0.15, -0.1) is 0 Å². The van der Waals surface area contributed by atoms with Gasteiger partial charge in [0.2, 0.25) is 0 Å². The van der Waals surface area contributed by atoms with Crippen LogP contribution in [0.4, 0.5) is 4.39 Å². The molecule has 1 heterocycles. The Hall–Kier alpha value is -1.66. The summed E-state index contributed by atoms with van der Waals surface area (Å²) < 4.78 is 13.3. The maximum atomic E-state index is 13.3. The predicted octanol–water partition coefficient (Wildman–Crippen LogP) is 1.21. The van der Waals surface area contributed by atoms with E-state index in [-0.39, 0.29) is 12.2 Å². The van der Waals surface area contributed by atoms with Crippen molar-refractivity contribution in [3.8, 4) is 0 Å². The molecule has 5 nitrogen and oxygen atoms in total. The summed E-state index contributed by atoms with van der Waals surface area (Å²) in [6.07, 6.45) is 2.42. The van der Waals surface area contributed by atoms with E-state index in [2.05, 4.69) is 22.1 Å². The molecule has 1 aromatic carbocycles. The van der Waals surface area contributed by atoms with Crippen molar-refractivity contribution in [3.05, 3.63) is 35.1 Å². The van der Waals surface area contributed by atoms with E-state index in [4.69, 9.17) is 10.8 Å². The summed E-state index contributed by atoms with van der Waals surface area (Å²) in [6.45, 7) is 5.24. The Labute approximate surface area is 131 Å². The predicted molar refractivity (Wildman–Crippen MR) is 85.9 cm³/mol. The van der Waals surface area contributed by atoms with Crippen LogP contribution >= 0.6 is 0 Å². The molecule has 1 atom stereocenters. The van der Waals surface area contributed by atoms with Crippen LogP contribution in [0.1, 0.15) is 30.9 Å². The smallest absolute Gasteiger partial charge is 0.188 e. The lowest BCUT2D eigenvalue weighted by atomic mass is 10.1. The molecule has 22 heavy (non-hydrogen) atoms. The van der Waals surface area contributed by atoms with Crippen LogP contribution in [0.3, 0.4) is 0 Å². The van der Waals surface area contributed by atoms with E-state index in [0.717, 1.165) is 25.2 Å². The van der Waals surface area contributed by atoms with Crippen molar-refractivity contribution < 1.29 is 9.50 Å². The molecule has 2 rings (SSSR count). The van der Waals surface area contributed by atoms with Gasteiger partial charge in [0, 0.05) is 18.2 Å². The number of likely N-dealkylation sites (tertiary alicyclic amines) is 1. The average Bonchev–Trinajstić information content (AvgIpc) is 2.99. The third kappa shape index (κ3) is 4.42. The van der Waals surface area contributed by atoms with Crippen molar-refractivity contribution in [2.45, 2.75) is 39.0 Å². The Kier molecular flexibility index (Phi) is 6.15. The fourth-order valence-electron chi connectivity index (χ4n) is 2.84. The molecule has 0 aliphatic carbocycles. The van der Waals surface area contributed by atoms with Crippen molar-refractivity contribution in [1.82, 2.24) is 10.2 Å². The summed E-state index contributed by atoms with van der Waals surface area (Å²) in [5.74, 6) is 0.0000403. The third-order valence-electron chi connectivity index (χ3n) is 4.14. The van der Waals surface area contributed by atoms with Crippen molar-refractivity contribution in [2.75, 3.05) is 19.6 Å². The monoisotopic (exact) mass is 308 g/mol. The number of rotatable bonds is 6. The lowest BCUT2D eigenvalue weighted by Crippen LogP contribution is -2.42. The number of aliphatic imine (C=N–C) groups is 1. The molecule has 4 N–H and O–H groups in total. The quantitative estimate of drug-likeness (QED) is 0.545. The van der Waals surface area contributed by atoms with Gasteiger partial charge < -0.3 is 16.2 Å². The minimum atomic E-state index is -0.401. The fraction of sp³-hybridized carbons (Fsp3) is 0.562. The van der Waals surface area contributed by atoms with E-state index in [9.17, 15) is 4.39 Å². The van der Waals surface area contributed by atoms with E-state index in [1.165, 1.54) is 18.9 Å². The fourth-order valence-corrected chi connectivity index (χ4v) is 2.84. The van der Waals surface area contributed by atoms with Crippen LogP contribution in [0.15, 0.2) is 23.2 Å². The number of aliphatic hydroxyl groups excluding tert-OH is 1. The average molecular weight is 308 g/mol. The van der Waals surface area contributed by atoms with E-state index < -0.39 is 5.82 Å². The van der Waals surface area contributed by atoms with Gasteiger partial charge in [-0.2, -0.15) is 0 Å². The van der Waals surface area contributed by atoms with Crippen LogP contribution in [0.25, 0.3) is 0 Å². The van der Waals surface area contributed by atoms with E-state index in [1.807, 2.05) is 0 Å². The highest BCUT2D eigenvalue weighted by molar-refractivity contribution is 5.77. The molecule has 1 aliphatic heterocycles. The number of nitrogens with zero attached hydrogens (tertiary/aromatic N) is 2. The highest BCUT2D eigenvalue weighted by atomic mass is 19.1. The van der Waals surface area contributed by atoms with Gasteiger partial charge in [-0.3, -0.25) is 4.90 Å². The van der Waals surface area contributed by atoms with Gasteiger partial charge in [0.05, 0.1) is 13.2 Å². The summed E-state index contributed by atoms with van der Waals surface area (Å²) >= 11 is 0. The number of hydrogen-bond donors (Lipinski definition) is 3. The van der Waals surface area contributed by atoms with Crippen molar-refractivity contribution in [3.63, 3.8) is 0 Å². The van der Waals surface area contributed by atoms with Gasteiger partial charge in [0.15, 0.2) is 5.96 Å². The van der Waals surface area contributed by atoms with Crippen LogP contribution in [0.5, 0.6) is 0 Å². The molecule has 0 aromatic heterocycles. The highest BCUT2D eigenvalue weighted by Crippen LogP contribution is 2.15. The molecule has 122 valence electrons. The highest BCUT2D eigenvalue weighted by Gasteiger charge is 2.22. The van der Waals surface area contributed by atoms with E-state index in [0.29, 0.717) is 18.5 Å². The second kappa shape index (κ2) is 8.10. The third-order valence-corrected chi connectivity index (χ3v) is 4.14. The van der Waals surface area contributed by atoms with Gasteiger partial charge in [-0.25, -0.2) is 9.38 Å². The lowest BCUT2D eigenvalue weighted by molar-refractivity contribution is 0.267. The zero-order valence-corrected chi connectivity index (χ0v) is 13.1. The first-order valence-electron chi connectivity index (χ1n) is 7.80. The molecule has 1 aromatic rings. The lowest BCUT2D eigenvalue weighted by Gasteiger charge is -2.23. The van der Waals surface area contributed by atoms with Crippen molar-refractivity contribution in [1.29, 1.82) is 0 Å². The molecule has 6 heteroatoms. The molecular weight excluding hydrogens is 283 g/mol. The van der Waals surface area contributed by atoms with Gasteiger partial charge in [0.1, 0.15) is 5.82 Å². The Bertz CT molecular complexity index is 521. The minimum Gasteiger partial charge on any atom is -0.392 e. The second-order valence-electron chi connectivity index (χ2n) is 5.59. The first kappa shape index (κ1) is 16.7. The molecule has 0 amide bonds. The largest absolute Gasteiger partial charge is 0.392 e. The number of nitrogens with two attached hydrogens (primary N) is 1. The molecule has 0 saturated carbocycles. The van der Waals surface area contributed by atoms with Gasteiger partial charge >= 0.3 is 0 Å².